The second-order valence-electron chi connectivity index (χ2n) is 6.69. The summed E-state index contributed by atoms with van der Waals surface area (Å²) in [6, 6.07) is 20.5. The lowest BCUT2D eigenvalue weighted by Crippen LogP contribution is -2.22. The Kier molecular flexibility index (Phi) is 7.01. The molecule has 0 spiro atoms. The number of methoxy groups -OCH3 is 1. The lowest BCUT2D eigenvalue weighted by molar-refractivity contribution is -0.131. The molecule has 0 atom stereocenters. The van der Waals surface area contributed by atoms with Crippen LogP contribution < -0.4 is 20.1 Å². The molecule has 2 amide bonds. The van der Waals surface area contributed by atoms with Gasteiger partial charge >= 0.3 is 5.97 Å². The fourth-order valence-electron chi connectivity index (χ4n) is 2.82. The van der Waals surface area contributed by atoms with Gasteiger partial charge in [-0.3, -0.25) is 14.4 Å². The molecule has 0 aliphatic rings. The van der Waals surface area contributed by atoms with Crippen LogP contribution in [0.5, 0.6) is 11.5 Å². The number of carbonyl (C=O) groups is 3. The fourth-order valence-corrected chi connectivity index (χ4v) is 2.82. The van der Waals surface area contributed by atoms with E-state index in [9.17, 15) is 14.4 Å². The molecular weight excluding hydrogens is 396 g/mol. The number of hydrogen-bond acceptors (Lipinski definition) is 5. The maximum Gasteiger partial charge on any atom is 0.308 e. The molecule has 0 aliphatic carbocycles. The first-order valence-electron chi connectivity index (χ1n) is 9.55. The third kappa shape index (κ3) is 6.17. The molecule has 31 heavy (non-hydrogen) atoms. The van der Waals surface area contributed by atoms with Crippen molar-refractivity contribution in [2.24, 2.45) is 0 Å². The number of anilines is 1. The van der Waals surface area contributed by atoms with E-state index in [-0.39, 0.29) is 11.8 Å². The summed E-state index contributed by atoms with van der Waals surface area (Å²) in [6.07, 6.45) is 0. The highest BCUT2D eigenvalue weighted by Crippen LogP contribution is 2.16. The third-order valence-electron chi connectivity index (χ3n) is 4.35. The molecule has 0 saturated heterocycles. The zero-order chi connectivity index (χ0) is 22.2. The summed E-state index contributed by atoms with van der Waals surface area (Å²) in [5.41, 5.74) is 2.38. The van der Waals surface area contributed by atoms with Gasteiger partial charge in [0.25, 0.3) is 11.8 Å². The van der Waals surface area contributed by atoms with E-state index in [0.29, 0.717) is 34.9 Å². The number of esters is 1. The van der Waals surface area contributed by atoms with Gasteiger partial charge in [0, 0.05) is 30.3 Å². The first kappa shape index (κ1) is 21.6. The zero-order valence-electron chi connectivity index (χ0n) is 17.2. The molecule has 158 valence electrons. The molecule has 0 bridgehead atoms. The Morgan fingerprint density at radius 3 is 2.06 bits per heavy atom. The molecule has 0 unspecified atom stereocenters. The summed E-state index contributed by atoms with van der Waals surface area (Å²) in [4.78, 5) is 35.8. The van der Waals surface area contributed by atoms with E-state index < -0.39 is 5.97 Å². The summed E-state index contributed by atoms with van der Waals surface area (Å²) < 4.78 is 10.1. The molecule has 0 aromatic heterocycles. The molecule has 0 radical (unpaired) electrons. The highest BCUT2D eigenvalue weighted by Gasteiger charge is 2.09. The quantitative estimate of drug-likeness (QED) is 0.450. The Morgan fingerprint density at radius 1 is 0.806 bits per heavy atom. The standard InChI is InChI=1S/C24H22N2O5/c1-16(27)31-22-8-4-5-18(14-22)23(28)25-15-17-9-11-20(12-10-17)26-24(29)19-6-3-7-21(13-19)30-2/h3-14H,15H2,1-2H3,(H,25,28)(H,26,29). The van der Waals surface area contributed by atoms with Crippen molar-refractivity contribution in [1.29, 1.82) is 0 Å². The molecule has 3 aromatic rings. The lowest BCUT2D eigenvalue weighted by atomic mass is 10.1. The minimum absolute atomic E-state index is 0.243. The number of amides is 2. The summed E-state index contributed by atoms with van der Waals surface area (Å²) in [7, 11) is 1.55. The van der Waals surface area contributed by atoms with Gasteiger partial charge in [-0.05, 0) is 54.1 Å². The van der Waals surface area contributed by atoms with Crippen LogP contribution in [-0.4, -0.2) is 24.9 Å². The Balaban J connectivity index is 1.56. The minimum Gasteiger partial charge on any atom is -0.497 e. The Hall–Kier alpha value is -4.13. The molecule has 2 N–H and O–H groups in total. The molecule has 0 aliphatic heterocycles. The average Bonchev–Trinajstić information content (AvgIpc) is 2.78. The van der Waals surface area contributed by atoms with Crippen LogP contribution in [0.3, 0.4) is 0 Å². The van der Waals surface area contributed by atoms with Crippen LogP contribution in [0.15, 0.2) is 72.8 Å². The number of carbonyl (C=O) groups excluding carboxylic acids is 3. The predicted octanol–water partition coefficient (Wildman–Crippen LogP) is 3.80. The van der Waals surface area contributed by atoms with E-state index in [1.54, 1.807) is 61.7 Å². The van der Waals surface area contributed by atoms with Crippen LogP contribution in [0.25, 0.3) is 0 Å². The molecule has 7 nitrogen and oxygen atoms in total. The van der Waals surface area contributed by atoms with Gasteiger partial charge in [0.1, 0.15) is 11.5 Å². The Labute approximate surface area is 180 Å². The first-order valence-corrected chi connectivity index (χ1v) is 9.55. The molecule has 0 fully saturated rings. The average molecular weight is 418 g/mol. The highest BCUT2D eigenvalue weighted by atomic mass is 16.5. The maximum atomic E-state index is 12.4. The van der Waals surface area contributed by atoms with Gasteiger partial charge in [0.15, 0.2) is 0 Å². The SMILES string of the molecule is COc1cccc(C(=O)Nc2ccc(CNC(=O)c3cccc(OC(C)=O)c3)cc2)c1. The van der Waals surface area contributed by atoms with Crippen LogP contribution >= 0.6 is 0 Å². The molecule has 0 saturated carbocycles. The van der Waals surface area contributed by atoms with Crippen molar-refractivity contribution in [3.05, 3.63) is 89.5 Å². The van der Waals surface area contributed by atoms with Gasteiger partial charge in [-0.15, -0.1) is 0 Å². The third-order valence-corrected chi connectivity index (χ3v) is 4.35. The monoisotopic (exact) mass is 418 g/mol. The number of rotatable bonds is 7. The second-order valence-corrected chi connectivity index (χ2v) is 6.69. The molecule has 0 heterocycles. The molecule has 3 rings (SSSR count). The van der Waals surface area contributed by atoms with E-state index in [4.69, 9.17) is 9.47 Å². The van der Waals surface area contributed by atoms with Crippen LogP contribution in [0.4, 0.5) is 5.69 Å². The lowest BCUT2D eigenvalue weighted by Gasteiger charge is -2.09. The van der Waals surface area contributed by atoms with Gasteiger partial charge < -0.3 is 20.1 Å². The topological polar surface area (TPSA) is 93.7 Å². The number of benzene rings is 3. The van der Waals surface area contributed by atoms with E-state index in [1.165, 1.54) is 13.0 Å². The Bertz CT molecular complexity index is 1090. The van der Waals surface area contributed by atoms with Gasteiger partial charge in [-0.1, -0.05) is 24.3 Å². The summed E-state index contributed by atoms with van der Waals surface area (Å²) in [5, 5.41) is 5.64. The van der Waals surface area contributed by atoms with E-state index in [0.717, 1.165) is 5.56 Å². The van der Waals surface area contributed by atoms with Gasteiger partial charge in [0.05, 0.1) is 7.11 Å². The first-order chi connectivity index (χ1) is 14.9. The van der Waals surface area contributed by atoms with Gasteiger partial charge in [-0.2, -0.15) is 0 Å². The van der Waals surface area contributed by atoms with Crippen LogP contribution in [0.1, 0.15) is 33.2 Å². The van der Waals surface area contributed by atoms with E-state index >= 15 is 0 Å². The fraction of sp³-hybridized carbons (Fsp3) is 0.125. The van der Waals surface area contributed by atoms with Crippen molar-refractivity contribution in [2.75, 3.05) is 12.4 Å². The van der Waals surface area contributed by atoms with E-state index in [2.05, 4.69) is 10.6 Å². The van der Waals surface area contributed by atoms with Crippen LogP contribution in [-0.2, 0) is 11.3 Å². The smallest absolute Gasteiger partial charge is 0.308 e. The Morgan fingerprint density at radius 2 is 1.42 bits per heavy atom. The molecule has 3 aromatic carbocycles. The number of hydrogen-bond donors (Lipinski definition) is 2. The largest absolute Gasteiger partial charge is 0.497 e. The molecule has 7 heteroatoms. The predicted molar refractivity (Wildman–Crippen MR) is 116 cm³/mol. The summed E-state index contributed by atoms with van der Waals surface area (Å²) >= 11 is 0. The van der Waals surface area contributed by atoms with Crippen LogP contribution in [0.2, 0.25) is 0 Å². The zero-order valence-corrected chi connectivity index (χ0v) is 17.2. The van der Waals surface area contributed by atoms with Gasteiger partial charge in [-0.25, -0.2) is 0 Å². The number of nitrogens with one attached hydrogen (secondary N) is 2. The highest BCUT2D eigenvalue weighted by molar-refractivity contribution is 6.04. The minimum atomic E-state index is -0.448. The van der Waals surface area contributed by atoms with Crippen molar-refractivity contribution >= 4 is 23.5 Å². The molecular formula is C24H22N2O5. The van der Waals surface area contributed by atoms with Crippen molar-refractivity contribution < 1.29 is 23.9 Å². The van der Waals surface area contributed by atoms with Crippen molar-refractivity contribution in [3.63, 3.8) is 0 Å². The van der Waals surface area contributed by atoms with Gasteiger partial charge in [0.2, 0.25) is 0 Å². The van der Waals surface area contributed by atoms with Crippen molar-refractivity contribution in [3.8, 4) is 11.5 Å². The van der Waals surface area contributed by atoms with E-state index in [1.807, 2.05) is 12.1 Å². The normalized spacial score (nSPS) is 10.1. The number of ether oxygens (including phenoxy) is 2. The van der Waals surface area contributed by atoms with Crippen LogP contribution in [0, 0.1) is 0 Å². The maximum absolute atomic E-state index is 12.4. The van der Waals surface area contributed by atoms with Crippen molar-refractivity contribution in [2.45, 2.75) is 13.5 Å². The summed E-state index contributed by atoms with van der Waals surface area (Å²) in [5.74, 6) is -0.0541. The van der Waals surface area contributed by atoms with Crippen molar-refractivity contribution in [1.82, 2.24) is 5.32 Å². The second kappa shape index (κ2) is 10.1. The summed E-state index contributed by atoms with van der Waals surface area (Å²) in [6.45, 7) is 1.61.